The Balaban J connectivity index is 1.79. The summed E-state index contributed by atoms with van der Waals surface area (Å²) in [6, 6.07) is 2.17. The number of pyridine rings is 1. The Bertz CT molecular complexity index is 883. The number of rotatable bonds is 3. The molecule has 0 unspecified atom stereocenters. The van der Waals surface area contributed by atoms with E-state index in [-0.39, 0.29) is 0 Å². The molecule has 0 spiro atoms. The van der Waals surface area contributed by atoms with Gasteiger partial charge in [0.15, 0.2) is 5.65 Å². The lowest BCUT2D eigenvalue weighted by Gasteiger charge is -2.29. The molecule has 4 heterocycles. The van der Waals surface area contributed by atoms with Gasteiger partial charge in [0.05, 0.1) is 5.69 Å². The summed E-state index contributed by atoms with van der Waals surface area (Å²) in [5, 5.41) is 12.4. The molecule has 0 bridgehead atoms. The van der Waals surface area contributed by atoms with E-state index in [1.807, 2.05) is 10.7 Å². The van der Waals surface area contributed by atoms with Crippen molar-refractivity contribution in [3.63, 3.8) is 0 Å². The van der Waals surface area contributed by atoms with Crippen LogP contribution in [0.3, 0.4) is 0 Å². The molecule has 1 fully saturated rings. The number of hydrogen-bond acceptors (Lipinski definition) is 4. The molecule has 0 atom stereocenters. The summed E-state index contributed by atoms with van der Waals surface area (Å²) in [5.74, 6) is 1.00. The number of aromatic amines is 1. The Morgan fingerprint density at radius 3 is 2.72 bits per heavy atom. The van der Waals surface area contributed by atoms with Crippen molar-refractivity contribution in [2.24, 2.45) is 0 Å². The van der Waals surface area contributed by atoms with E-state index >= 15 is 0 Å². The highest BCUT2D eigenvalue weighted by Crippen LogP contribution is 2.37. The minimum Gasteiger partial charge on any atom is -0.306 e. The first kappa shape index (κ1) is 16.3. The number of nitrogens with zero attached hydrogens (tertiary/aromatic N) is 5. The second-order valence-electron chi connectivity index (χ2n) is 7.57. The van der Waals surface area contributed by atoms with E-state index in [0.29, 0.717) is 11.8 Å². The number of likely N-dealkylation sites (tertiary alicyclic amines) is 1. The fourth-order valence-electron chi connectivity index (χ4n) is 4.00. The van der Waals surface area contributed by atoms with E-state index in [1.165, 1.54) is 24.1 Å². The van der Waals surface area contributed by atoms with Crippen molar-refractivity contribution < 1.29 is 0 Å². The fraction of sp³-hybridized carbons (Fsp3) is 0.526. The average Bonchev–Trinajstić information content (AvgIpc) is 3.22. The Hall–Kier alpha value is -2.21. The van der Waals surface area contributed by atoms with Gasteiger partial charge in [-0.15, -0.1) is 0 Å². The third-order valence-corrected chi connectivity index (χ3v) is 5.37. The number of aryl methyl sites for hydroxylation is 1. The second-order valence-corrected chi connectivity index (χ2v) is 7.57. The van der Waals surface area contributed by atoms with Gasteiger partial charge in [0, 0.05) is 28.9 Å². The van der Waals surface area contributed by atoms with Gasteiger partial charge >= 0.3 is 0 Å². The highest BCUT2D eigenvalue weighted by molar-refractivity contribution is 5.68. The van der Waals surface area contributed by atoms with Crippen molar-refractivity contribution in [1.82, 2.24) is 29.7 Å². The van der Waals surface area contributed by atoms with Crippen molar-refractivity contribution >= 4 is 5.65 Å². The number of hydrogen-bond donors (Lipinski definition) is 1. The van der Waals surface area contributed by atoms with Gasteiger partial charge in [-0.25, -0.2) is 9.50 Å². The van der Waals surface area contributed by atoms with Gasteiger partial charge in [-0.3, -0.25) is 5.10 Å². The summed E-state index contributed by atoms with van der Waals surface area (Å²) in [4.78, 5) is 6.72. The Morgan fingerprint density at radius 1 is 1.24 bits per heavy atom. The van der Waals surface area contributed by atoms with Crippen LogP contribution in [0.1, 0.15) is 55.3 Å². The summed E-state index contributed by atoms with van der Waals surface area (Å²) < 4.78 is 1.85. The molecular weight excluding hydrogens is 312 g/mol. The first-order valence-corrected chi connectivity index (χ1v) is 9.11. The molecule has 25 heavy (non-hydrogen) atoms. The number of nitrogens with one attached hydrogen (secondary N) is 1. The molecule has 0 radical (unpaired) electrons. The van der Waals surface area contributed by atoms with Crippen molar-refractivity contribution in [3.05, 3.63) is 35.4 Å². The topological polar surface area (TPSA) is 62.1 Å². The van der Waals surface area contributed by atoms with E-state index in [1.54, 1.807) is 6.33 Å². The number of piperidine rings is 1. The SMILES string of the molecule is Cc1cc(-c2n[nH]c(C3CCN(C)CC3)c2C(C)C)cn2ncnc12. The lowest BCUT2D eigenvalue weighted by Crippen LogP contribution is -2.29. The lowest BCUT2D eigenvalue weighted by molar-refractivity contribution is 0.252. The van der Waals surface area contributed by atoms with Gasteiger partial charge in [-0.1, -0.05) is 13.8 Å². The summed E-state index contributed by atoms with van der Waals surface area (Å²) in [7, 11) is 2.20. The third-order valence-electron chi connectivity index (χ3n) is 5.37. The number of aromatic nitrogens is 5. The zero-order valence-corrected chi connectivity index (χ0v) is 15.5. The fourth-order valence-corrected chi connectivity index (χ4v) is 4.00. The summed E-state index contributed by atoms with van der Waals surface area (Å²) >= 11 is 0. The molecule has 1 aliphatic heterocycles. The molecule has 3 aromatic heterocycles. The maximum atomic E-state index is 4.73. The van der Waals surface area contributed by atoms with Crippen LogP contribution < -0.4 is 0 Å². The van der Waals surface area contributed by atoms with Gasteiger partial charge in [0.2, 0.25) is 0 Å². The third kappa shape index (κ3) is 2.84. The summed E-state index contributed by atoms with van der Waals surface area (Å²) in [6.45, 7) is 8.90. The summed E-state index contributed by atoms with van der Waals surface area (Å²) in [5.41, 5.74) is 6.87. The number of fused-ring (bicyclic) bond motifs is 1. The zero-order valence-electron chi connectivity index (χ0n) is 15.5. The highest BCUT2D eigenvalue weighted by Gasteiger charge is 2.26. The van der Waals surface area contributed by atoms with Gasteiger partial charge in [-0.2, -0.15) is 10.2 Å². The molecule has 1 aliphatic rings. The quantitative estimate of drug-likeness (QED) is 0.795. The predicted molar refractivity (Wildman–Crippen MR) is 98.9 cm³/mol. The molecular formula is C19H26N6. The molecule has 0 saturated carbocycles. The van der Waals surface area contributed by atoms with Crippen LogP contribution in [0.5, 0.6) is 0 Å². The first-order chi connectivity index (χ1) is 12.0. The van der Waals surface area contributed by atoms with Gasteiger partial charge in [0.25, 0.3) is 0 Å². The minimum atomic E-state index is 0.426. The summed E-state index contributed by atoms with van der Waals surface area (Å²) in [6.07, 6.45) is 6.03. The molecule has 4 rings (SSSR count). The molecule has 0 amide bonds. The van der Waals surface area contributed by atoms with E-state index in [0.717, 1.165) is 35.6 Å². The van der Waals surface area contributed by atoms with E-state index < -0.39 is 0 Å². The smallest absolute Gasteiger partial charge is 0.158 e. The van der Waals surface area contributed by atoms with Crippen LogP contribution in [0.25, 0.3) is 16.9 Å². The van der Waals surface area contributed by atoms with Crippen LogP contribution in [0.15, 0.2) is 18.6 Å². The lowest BCUT2D eigenvalue weighted by atomic mass is 9.86. The maximum Gasteiger partial charge on any atom is 0.158 e. The number of H-pyrrole nitrogens is 1. The van der Waals surface area contributed by atoms with Crippen molar-refractivity contribution in [2.75, 3.05) is 20.1 Å². The van der Waals surface area contributed by atoms with Gasteiger partial charge in [-0.05, 0) is 57.5 Å². The average molecular weight is 338 g/mol. The normalized spacial score (nSPS) is 17.0. The van der Waals surface area contributed by atoms with Crippen molar-refractivity contribution in [3.8, 4) is 11.3 Å². The second kappa shape index (κ2) is 6.26. The Morgan fingerprint density at radius 2 is 2.00 bits per heavy atom. The molecule has 1 saturated heterocycles. The predicted octanol–water partition coefficient (Wildman–Crippen LogP) is 3.36. The minimum absolute atomic E-state index is 0.426. The molecule has 6 nitrogen and oxygen atoms in total. The largest absolute Gasteiger partial charge is 0.306 e. The first-order valence-electron chi connectivity index (χ1n) is 9.11. The zero-order chi connectivity index (χ0) is 17.6. The van der Waals surface area contributed by atoms with Crippen LogP contribution in [0.4, 0.5) is 0 Å². The van der Waals surface area contributed by atoms with Crippen LogP contribution in [0, 0.1) is 6.92 Å². The standard InChI is InChI=1S/C19H26N6/c1-12(2)16-17(14-5-7-24(4)8-6-14)22-23-18(16)15-9-13(3)19-20-11-21-25(19)10-15/h9-12,14H,5-8H2,1-4H3,(H,22,23). The van der Waals surface area contributed by atoms with E-state index in [4.69, 9.17) is 5.10 Å². The van der Waals surface area contributed by atoms with Crippen LogP contribution >= 0.6 is 0 Å². The Kier molecular flexibility index (Phi) is 4.07. The maximum absolute atomic E-state index is 4.73. The van der Waals surface area contributed by atoms with Crippen molar-refractivity contribution in [1.29, 1.82) is 0 Å². The Labute approximate surface area is 148 Å². The molecule has 0 aromatic carbocycles. The molecule has 6 heteroatoms. The van der Waals surface area contributed by atoms with Crippen LogP contribution in [0.2, 0.25) is 0 Å². The van der Waals surface area contributed by atoms with Crippen LogP contribution in [-0.2, 0) is 0 Å². The molecule has 1 N–H and O–H groups in total. The molecule has 0 aliphatic carbocycles. The molecule has 3 aromatic rings. The van der Waals surface area contributed by atoms with Crippen molar-refractivity contribution in [2.45, 2.75) is 45.4 Å². The van der Waals surface area contributed by atoms with Gasteiger partial charge < -0.3 is 4.90 Å². The van der Waals surface area contributed by atoms with Gasteiger partial charge in [0.1, 0.15) is 6.33 Å². The van der Waals surface area contributed by atoms with E-state index in [9.17, 15) is 0 Å². The molecule has 132 valence electrons. The monoisotopic (exact) mass is 338 g/mol. The van der Waals surface area contributed by atoms with E-state index in [2.05, 4.69) is 54.0 Å². The van der Waals surface area contributed by atoms with Crippen LogP contribution in [-0.4, -0.2) is 49.8 Å². The highest BCUT2D eigenvalue weighted by atomic mass is 15.3.